The van der Waals surface area contributed by atoms with Crippen molar-refractivity contribution < 1.29 is 14.7 Å². The van der Waals surface area contributed by atoms with Crippen LogP contribution < -0.4 is 0 Å². The molecule has 3 atom stereocenters. The molecule has 0 aliphatic heterocycles. The lowest BCUT2D eigenvalue weighted by atomic mass is 9.78. The number of hydrogen-bond donors (Lipinski definition) is 1. The van der Waals surface area contributed by atoms with Crippen molar-refractivity contribution >= 4 is 11.8 Å². The Balaban J connectivity index is 2.12. The van der Waals surface area contributed by atoms with Crippen LogP contribution in [0.25, 0.3) is 0 Å². The van der Waals surface area contributed by atoms with Crippen molar-refractivity contribution in [2.45, 2.75) is 46.5 Å². The number of carboxylic acids is 1. The predicted octanol–water partition coefficient (Wildman–Crippen LogP) is 2.80. The van der Waals surface area contributed by atoms with Crippen LogP contribution in [0.15, 0.2) is 11.1 Å². The lowest BCUT2D eigenvalue weighted by Crippen LogP contribution is -2.26. The van der Waals surface area contributed by atoms with E-state index >= 15 is 0 Å². The van der Waals surface area contributed by atoms with Crippen LogP contribution in [0.5, 0.6) is 0 Å². The summed E-state index contributed by atoms with van der Waals surface area (Å²) in [5.41, 5.74) is 1.23. The lowest BCUT2D eigenvalue weighted by Gasteiger charge is -2.25. The van der Waals surface area contributed by atoms with E-state index in [0.29, 0.717) is 24.2 Å². The van der Waals surface area contributed by atoms with E-state index in [9.17, 15) is 14.7 Å². The molecule has 3 aliphatic carbocycles. The zero-order valence-electron chi connectivity index (χ0n) is 11.2. The van der Waals surface area contributed by atoms with Gasteiger partial charge in [0.25, 0.3) is 0 Å². The maximum atomic E-state index is 12.6. The highest BCUT2D eigenvalue weighted by Crippen LogP contribution is 2.63. The number of carboxylic acid groups (broad SMARTS) is 1. The maximum Gasteiger partial charge on any atom is 0.331 e. The summed E-state index contributed by atoms with van der Waals surface area (Å²) in [6.45, 7) is 6.34. The molecule has 3 nitrogen and oxygen atoms in total. The molecule has 0 aromatic carbocycles. The van der Waals surface area contributed by atoms with Gasteiger partial charge in [-0.15, -0.1) is 0 Å². The molecule has 0 aromatic rings. The van der Waals surface area contributed by atoms with Gasteiger partial charge in [0.05, 0.1) is 0 Å². The molecule has 0 heterocycles. The van der Waals surface area contributed by atoms with E-state index in [0.717, 1.165) is 18.4 Å². The molecule has 0 spiro atoms. The molecule has 0 saturated heterocycles. The van der Waals surface area contributed by atoms with Crippen LogP contribution in [-0.4, -0.2) is 16.9 Å². The largest absolute Gasteiger partial charge is 0.478 e. The van der Waals surface area contributed by atoms with E-state index in [1.165, 1.54) is 0 Å². The molecular weight excluding hydrogens is 228 g/mol. The van der Waals surface area contributed by atoms with Crippen molar-refractivity contribution in [1.82, 2.24) is 0 Å². The SMILES string of the molecule is CC1(C)C[C@@H]2C(=O)[C@@]3(C)CCC(C(=O)O)=C3[C@@H]2C1. The average molecular weight is 248 g/mol. The summed E-state index contributed by atoms with van der Waals surface area (Å²) < 4.78 is 0. The first-order valence-electron chi connectivity index (χ1n) is 6.77. The van der Waals surface area contributed by atoms with Gasteiger partial charge in [0.1, 0.15) is 5.78 Å². The van der Waals surface area contributed by atoms with Gasteiger partial charge in [-0.2, -0.15) is 0 Å². The summed E-state index contributed by atoms with van der Waals surface area (Å²) in [6.07, 6.45) is 3.15. The standard InChI is InChI=1S/C15H20O3/c1-14(2)6-9-10(7-14)12(16)15(3)5-4-8(11(9)15)13(17)18/h9-10H,4-7H2,1-3H3,(H,17,18)/t9-,10+,15+/m1/s1. The molecule has 1 N–H and O–H groups in total. The second kappa shape index (κ2) is 3.25. The summed E-state index contributed by atoms with van der Waals surface area (Å²) in [5, 5.41) is 9.34. The van der Waals surface area contributed by atoms with E-state index in [4.69, 9.17) is 0 Å². The first-order valence-corrected chi connectivity index (χ1v) is 6.77. The fourth-order valence-corrected chi connectivity index (χ4v) is 4.63. The van der Waals surface area contributed by atoms with Gasteiger partial charge in [0, 0.05) is 16.9 Å². The smallest absolute Gasteiger partial charge is 0.331 e. The minimum Gasteiger partial charge on any atom is -0.478 e. The van der Waals surface area contributed by atoms with Gasteiger partial charge in [0.2, 0.25) is 0 Å². The van der Waals surface area contributed by atoms with Gasteiger partial charge in [-0.3, -0.25) is 4.79 Å². The highest BCUT2D eigenvalue weighted by molar-refractivity contribution is 6.00. The zero-order chi connectivity index (χ0) is 13.3. The Bertz CT molecular complexity index is 486. The zero-order valence-corrected chi connectivity index (χ0v) is 11.2. The minimum atomic E-state index is -0.813. The molecule has 0 unspecified atom stereocenters. The quantitative estimate of drug-likeness (QED) is 0.776. The van der Waals surface area contributed by atoms with Gasteiger partial charge >= 0.3 is 5.97 Å². The highest BCUT2D eigenvalue weighted by atomic mass is 16.4. The number of fused-ring (bicyclic) bond motifs is 3. The Morgan fingerprint density at radius 3 is 2.44 bits per heavy atom. The van der Waals surface area contributed by atoms with Crippen molar-refractivity contribution in [2.24, 2.45) is 22.7 Å². The minimum absolute atomic E-state index is 0.0784. The normalized spacial score (nSPS) is 41.2. The fourth-order valence-electron chi connectivity index (χ4n) is 4.63. The van der Waals surface area contributed by atoms with Crippen molar-refractivity contribution in [3.63, 3.8) is 0 Å². The molecule has 18 heavy (non-hydrogen) atoms. The Hall–Kier alpha value is -1.12. The Morgan fingerprint density at radius 1 is 1.22 bits per heavy atom. The Labute approximate surface area is 107 Å². The van der Waals surface area contributed by atoms with Gasteiger partial charge in [0.15, 0.2) is 0 Å². The monoisotopic (exact) mass is 248 g/mol. The molecule has 0 amide bonds. The van der Waals surface area contributed by atoms with E-state index in [1.807, 2.05) is 6.92 Å². The molecule has 2 fully saturated rings. The van der Waals surface area contributed by atoms with E-state index in [-0.39, 0.29) is 17.3 Å². The van der Waals surface area contributed by atoms with E-state index in [2.05, 4.69) is 13.8 Å². The van der Waals surface area contributed by atoms with E-state index in [1.54, 1.807) is 0 Å². The molecule has 3 aliphatic rings. The molecule has 3 rings (SSSR count). The molecule has 3 heteroatoms. The summed E-state index contributed by atoms with van der Waals surface area (Å²) in [4.78, 5) is 24.0. The fraction of sp³-hybridized carbons (Fsp3) is 0.733. The van der Waals surface area contributed by atoms with Crippen molar-refractivity contribution in [2.75, 3.05) is 0 Å². The third-order valence-electron chi connectivity index (χ3n) is 5.33. The summed E-state index contributed by atoms with van der Waals surface area (Å²) in [6, 6.07) is 0. The van der Waals surface area contributed by atoms with Crippen LogP contribution in [0.4, 0.5) is 0 Å². The Morgan fingerprint density at radius 2 is 1.83 bits per heavy atom. The summed E-state index contributed by atoms with van der Waals surface area (Å²) >= 11 is 0. The first-order chi connectivity index (χ1) is 8.26. The molecule has 2 saturated carbocycles. The van der Waals surface area contributed by atoms with Crippen LogP contribution in [-0.2, 0) is 9.59 Å². The second-order valence-corrected chi connectivity index (χ2v) is 7.18. The highest BCUT2D eigenvalue weighted by Gasteiger charge is 2.61. The molecule has 0 radical (unpaired) electrons. The van der Waals surface area contributed by atoms with Gasteiger partial charge in [-0.05, 0) is 49.5 Å². The van der Waals surface area contributed by atoms with Crippen LogP contribution >= 0.6 is 0 Å². The lowest BCUT2D eigenvalue weighted by molar-refractivity contribution is -0.133. The van der Waals surface area contributed by atoms with Crippen molar-refractivity contribution in [1.29, 1.82) is 0 Å². The van der Waals surface area contributed by atoms with Crippen LogP contribution in [0.1, 0.15) is 46.5 Å². The predicted molar refractivity (Wildman–Crippen MR) is 67.0 cm³/mol. The number of allylic oxidation sites excluding steroid dienone is 1. The third kappa shape index (κ3) is 1.30. The average Bonchev–Trinajstić information content (AvgIpc) is 2.79. The molecule has 98 valence electrons. The topological polar surface area (TPSA) is 54.4 Å². The van der Waals surface area contributed by atoms with E-state index < -0.39 is 11.4 Å². The number of carbonyl (C=O) groups is 2. The summed E-state index contributed by atoms with van der Waals surface area (Å²) in [5.74, 6) is -0.225. The maximum absolute atomic E-state index is 12.6. The van der Waals surface area contributed by atoms with Crippen LogP contribution in [0.2, 0.25) is 0 Å². The third-order valence-corrected chi connectivity index (χ3v) is 5.33. The van der Waals surface area contributed by atoms with Gasteiger partial charge < -0.3 is 5.11 Å². The van der Waals surface area contributed by atoms with Gasteiger partial charge in [-0.25, -0.2) is 4.79 Å². The number of carbonyl (C=O) groups excluding carboxylic acids is 1. The van der Waals surface area contributed by atoms with Crippen LogP contribution in [0, 0.1) is 22.7 Å². The number of aliphatic carboxylic acids is 1. The van der Waals surface area contributed by atoms with Gasteiger partial charge in [-0.1, -0.05) is 13.8 Å². The number of ketones is 1. The molecule has 0 aromatic heterocycles. The summed E-state index contributed by atoms with van der Waals surface area (Å²) in [7, 11) is 0. The second-order valence-electron chi connectivity index (χ2n) is 7.18. The number of Topliss-reactive ketones (excluding diaryl/α,β-unsaturated/α-hetero) is 1. The van der Waals surface area contributed by atoms with Crippen LogP contribution in [0.3, 0.4) is 0 Å². The Kier molecular flexibility index (Phi) is 2.16. The number of hydrogen-bond acceptors (Lipinski definition) is 2. The molecular formula is C15H20O3. The number of rotatable bonds is 1. The molecule has 0 bridgehead atoms. The first kappa shape index (κ1) is 11.9. The van der Waals surface area contributed by atoms with Crippen molar-refractivity contribution in [3.8, 4) is 0 Å². The van der Waals surface area contributed by atoms with Crippen molar-refractivity contribution in [3.05, 3.63) is 11.1 Å².